The minimum absolute atomic E-state index is 0.0372. The number of rotatable bonds is 7. The largest absolute Gasteiger partial charge is 0.385 e. The number of unbranched alkanes of at least 4 members (excludes halogenated alkanes) is 1. The second-order valence-corrected chi connectivity index (χ2v) is 5.32. The highest BCUT2D eigenvalue weighted by atomic mass is 32.2. The van der Waals surface area contributed by atoms with Gasteiger partial charge in [0.2, 0.25) is 5.91 Å². The van der Waals surface area contributed by atoms with Crippen LogP contribution in [0.5, 0.6) is 0 Å². The van der Waals surface area contributed by atoms with Gasteiger partial charge in [-0.05, 0) is 49.5 Å². The SMILES string of the molecule is CSCCCCNc1cc(NC(C)=O)ccc1C. The van der Waals surface area contributed by atoms with Gasteiger partial charge in [0, 0.05) is 24.8 Å². The lowest BCUT2D eigenvalue weighted by molar-refractivity contribution is -0.114. The summed E-state index contributed by atoms with van der Waals surface area (Å²) < 4.78 is 0. The minimum Gasteiger partial charge on any atom is -0.385 e. The fourth-order valence-corrected chi connectivity index (χ4v) is 2.18. The number of hydrogen-bond acceptors (Lipinski definition) is 3. The number of aryl methyl sites for hydroxylation is 1. The van der Waals surface area contributed by atoms with Crippen LogP contribution in [0.25, 0.3) is 0 Å². The lowest BCUT2D eigenvalue weighted by Gasteiger charge is -2.11. The van der Waals surface area contributed by atoms with E-state index in [2.05, 4.69) is 23.8 Å². The van der Waals surface area contributed by atoms with E-state index in [0.29, 0.717) is 0 Å². The molecule has 3 nitrogen and oxygen atoms in total. The van der Waals surface area contributed by atoms with Gasteiger partial charge in [-0.2, -0.15) is 11.8 Å². The van der Waals surface area contributed by atoms with Crippen molar-refractivity contribution in [1.29, 1.82) is 0 Å². The highest BCUT2D eigenvalue weighted by Crippen LogP contribution is 2.20. The topological polar surface area (TPSA) is 41.1 Å². The molecule has 100 valence electrons. The standard InChI is InChI=1S/C14H22N2OS/c1-11-6-7-13(16-12(2)17)10-14(11)15-8-4-5-9-18-3/h6-7,10,15H,4-5,8-9H2,1-3H3,(H,16,17). The van der Waals surface area contributed by atoms with Crippen LogP contribution in [0.4, 0.5) is 11.4 Å². The molecule has 18 heavy (non-hydrogen) atoms. The molecule has 0 unspecified atom stereocenters. The first kappa shape index (κ1) is 14.9. The maximum Gasteiger partial charge on any atom is 0.221 e. The molecule has 0 bridgehead atoms. The van der Waals surface area contributed by atoms with Gasteiger partial charge in [-0.15, -0.1) is 0 Å². The van der Waals surface area contributed by atoms with Crippen molar-refractivity contribution in [2.75, 3.05) is 29.2 Å². The number of anilines is 2. The van der Waals surface area contributed by atoms with Gasteiger partial charge >= 0.3 is 0 Å². The summed E-state index contributed by atoms with van der Waals surface area (Å²) in [6.07, 6.45) is 4.54. The summed E-state index contributed by atoms with van der Waals surface area (Å²) in [5.74, 6) is 1.18. The molecule has 0 atom stereocenters. The highest BCUT2D eigenvalue weighted by molar-refractivity contribution is 7.98. The van der Waals surface area contributed by atoms with Crippen LogP contribution in [0.3, 0.4) is 0 Å². The number of carbonyl (C=O) groups excluding carboxylic acids is 1. The van der Waals surface area contributed by atoms with Gasteiger partial charge in [0.15, 0.2) is 0 Å². The zero-order valence-corrected chi connectivity index (χ0v) is 12.2. The number of hydrogen-bond donors (Lipinski definition) is 2. The first-order chi connectivity index (χ1) is 8.63. The predicted molar refractivity (Wildman–Crippen MR) is 81.6 cm³/mol. The Labute approximate surface area is 114 Å². The molecule has 0 aliphatic heterocycles. The van der Waals surface area contributed by atoms with Crippen molar-refractivity contribution in [3.8, 4) is 0 Å². The van der Waals surface area contributed by atoms with Crippen molar-refractivity contribution < 1.29 is 4.79 Å². The summed E-state index contributed by atoms with van der Waals surface area (Å²) in [7, 11) is 0. The van der Waals surface area contributed by atoms with Gasteiger partial charge in [0.25, 0.3) is 0 Å². The number of benzene rings is 1. The van der Waals surface area contributed by atoms with E-state index in [4.69, 9.17) is 0 Å². The van der Waals surface area contributed by atoms with Crippen LogP contribution in [0.15, 0.2) is 18.2 Å². The van der Waals surface area contributed by atoms with Crippen LogP contribution >= 0.6 is 11.8 Å². The van der Waals surface area contributed by atoms with Crippen molar-refractivity contribution >= 4 is 29.0 Å². The van der Waals surface area contributed by atoms with Gasteiger partial charge in [-0.3, -0.25) is 4.79 Å². The van der Waals surface area contributed by atoms with Gasteiger partial charge in [0.1, 0.15) is 0 Å². The van der Waals surface area contributed by atoms with Crippen LogP contribution in [-0.4, -0.2) is 24.5 Å². The molecule has 4 heteroatoms. The average molecular weight is 266 g/mol. The van der Waals surface area contributed by atoms with Crippen molar-refractivity contribution in [2.24, 2.45) is 0 Å². The van der Waals surface area contributed by atoms with Crippen molar-refractivity contribution in [2.45, 2.75) is 26.7 Å². The van der Waals surface area contributed by atoms with E-state index in [0.717, 1.165) is 17.9 Å². The molecule has 0 aliphatic carbocycles. The summed E-state index contributed by atoms with van der Waals surface area (Å²) in [4.78, 5) is 11.0. The van der Waals surface area contributed by atoms with Crippen molar-refractivity contribution in [3.05, 3.63) is 23.8 Å². The molecule has 1 aromatic carbocycles. The maximum atomic E-state index is 11.0. The summed E-state index contributed by atoms with van der Waals surface area (Å²) in [6.45, 7) is 4.57. The Morgan fingerprint density at radius 1 is 1.33 bits per heavy atom. The Morgan fingerprint density at radius 2 is 2.11 bits per heavy atom. The number of nitrogens with one attached hydrogen (secondary N) is 2. The van der Waals surface area contributed by atoms with E-state index in [1.54, 1.807) is 0 Å². The maximum absolute atomic E-state index is 11.0. The summed E-state index contributed by atoms with van der Waals surface area (Å²) >= 11 is 1.89. The molecule has 0 heterocycles. The third kappa shape index (κ3) is 5.45. The van der Waals surface area contributed by atoms with Gasteiger partial charge in [-0.25, -0.2) is 0 Å². The molecule has 0 aromatic heterocycles. The molecule has 1 aromatic rings. The quantitative estimate of drug-likeness (QED) is 0.742. The lowest BCUT2D eigenvalue weighted by atomic mass is 10.1. The summed E-state index contributed by atoms with van der Waals surface area (Å²) in [5.41, 5.74) is 3.15. The first-order valence-corrected chi connectivity index (χ1v) is 7.64. The van der Waals surface area contributed by atoms with Gasteiger partial charge in [0.05, 0.1) is 0 Å². The monoisotopic (exact) mass is 266 g/mol. The second-order valence-electron chi connectivity index (χ2n) is 4.34. The molecule has 0 radical (unpaired) electrons. The molecule has 1 amide bonds. The molecule has 0 saturated carbocycles. The minimum atomic E-state index is -0.0372. The molecule has 0 saturated heterocycles. The fraction of sp³-hybridized carbons (Fsp3) is 0.500. The Bertz CT molecular complexity index is 393. The van der Waals surface area contributed by atoms with E-state index < -0.39 is 0 Å². The Morgan fingerprint density at radius 3 is 2.78 bits per heavy atom. The van der Waals surface area contributed by atoms with E-state index in [1.165, 1.54) is 31.1 Å². The molecule has 2 N–H and O–H groups in total. The molecule has 1 rings (SSSR count). The van der Waals surface area contributed by atoms with Gasteiger partial charge in [-0.1, -0.05) is 6.07 Å². The van der Waals surface area contributed by atoms with Crippen LogP contribution < -0.4 is 10.6 Å². The fourth-order valence-electron chi connectivity index (χ4n) is 1.69. The third-order valence-electron chi connectivity index (χ3n) is 2.65. The van der Waals surface area contributed by atoms with Crippen LogP contribution in [0.2, 0.25) is 0 Å². The van der Waals surface area contributed by atoms with E-state index in [1.807, 2.05) is 30.0 Å². The zero-order valence-electron chi connectivity index (χ0n) is 11.4. The van der Waals surface area contributed by atoms with Crippen molar-refractivity contribution in [3.63, 3.8) is 0 Å². The normalized spacial score (nSPS) is 10.2. The highest BCUT2D eigenvalue weighted by Gasteiger charge is 2.01. The first-order valence-electron chi connectivity index (χ1n) is 6.24. The average Bonchev–Trinajstić information content (AvgIpc) is 2.32. The molecular formula is C14H22N2OS. The predicted octanol–water partition coefficient (Wildman–Crippen LogP) is 3.51. The van der Waals surface area contributed by atoms with E-state index in [9.17, 15) is 4.79 Å². The van der Waals surface area contributed by atoms with Crippen LogP contribution in [-0.2, 0) is 4.79 Å². The smallest absolute Gasteiger partial charge is 0.221 e. The number of carbonyl (C=O) groups is 1. The second kappa shape index (κ2) is 8.03. The third-order valence-corrected chi connectivity index (χ3v) is 3.35. The molecule has 0 fully saturated rings. The lowest BCUT2D eigenvalue weighted by Crippen LogP contribution is -2.08. The Kier molecular flexibility index (Phi) is 6.65. The van der Waals surface area contributed by atoms with Crippen LogP contribution in [0.1, 0.15) is 25.3 Å². The van der Waals surface area contributed by atoms with E-state index >= 15 is 0 Å². The molecule has 0 spiro atoms. The Balaban J connectivity index is 2.50. The van der Waals surface area contributed by atoms with Crippen LogP contribution in [0, 0.1) is 6.92 Å². The van der Waals surface area contributed by atoms with Crippen molar-refractivity contribution in [1.82, 2.24) is 0 Å². The number of thioether (sulfide) groups is 1. The number of amides is 1. The van der Waals surface area contributed by atoms with E-state index in [-0.39, 0.29) is 5.91 Å². The summed E-state index contributed by atoms with van der Waals surface area (Å²) in [5, 5.41) is 6.23. The summed E-state index contributed by atoms with van der Waals surface area (Å²) in [6, 6.07) is 5.94. The Hall–Kier alpha value is -1.16. The zero-order chi connectivity index (χ0) is 13.4. The van der Waals surface area contributed by atoms with Gasteiger partial charge < -0.3 is 10.6 Å². The molecule has 0 aliphatic rings. The molecular weight excluding hydrogens is 244 g/mol.